The molecule has 0 saturated carbocycles. The van der Waals surface area contributed by atoms with Crippen molar-refractivity contribution in [3.63, 3.8) is 0 Å². The Morgan fingerprint density at radius 1 is 1.04 bits per heavy atom. The monoisotopic (exact) mass is 391 g/mol. The summed E-state index contributed by atoms with van der Waals surface area (Å²) >= 11 is 6.11. The van der Waals surface area contributed by atoms with Crippen molar-refractivity contribution in [3.05, 3.63) is 89.0 Å². The average Bonchev–Trinajstić information content (AvgIpc) is 2.72. The molecule has 5 heteroatoms. The smallest absolute Gasteiger partial charge is 0.245 e. The van der Waals surface area contributed by atoms with Gasteiger partial charge in [0.05, 0.1) is 0 Å². The number of allylic oxidation sites excluding steroid dienone is 3. The lowest BCUT2D eigenvalue weighted by Crippen LogP contribution is -2.54. The van der Waals surface area contributed by atoms with Gasteiger partial charge in [0.15, 0.2) is 0 Å². The fourth-order valence-electron chi connectivity index (χ4n) is 3.56. The number of urea groups is 1. The van der Waals surface area contributed by atoms with Gasteiger partial charge in [-0.1, -0.05) is 61.0 Å². The van der Waals surface area contributed by atoms with E-state index in [2.05, 4.69) is 6.92 Å². The molecule has 2 aliphatic rings. The first-order chi connectivity index (χ1) is 13.6. The van der Waals surface area contributed by atoms with Crippen LogP contribution in [0.5, 0.6) is 0 Å². The number of amides is 3. The summed E-state index contributed by atoms with van der Waals surface area (Å²) in [6, 6.07) is 14.6. The second-order valence-electron chi connectivity index (χ2n) is 6.84. The van der Waals surface area contributed by atoms with Crippen LogP contribution in [0.4, 0.5) is 10.5 Å². The van der Waals surface area contributed by atoms with Crippen LogP contribution in [0, 0.1) is 5.92 Å². The van der Waals surface area contributed by atoms with Crippen molar-refractivity contribution in [2.45, 2.75) is 19.9 Å². The van der Waals surface area contributed by atoms with Crippen LogP contribution in [0.3, 0.4) is 0 Å². The van der Waals surface area contributed by atoms with Gasteiger partial charge in [-0.3, -0.25) is 0 Å². The molecule has 0 saturated heterocycles. The molecule has 2 aromatic carbocycles. The van der Waals surface area contributed by atoms with E-state index in [1.165, 1.54) is 4.90 Å². The second kappa shape index (κ2) is 7.56. The first kappa shape index (κ1) is 18.4. The van der Waals surface area contributed by atoms with Gasteiger partial charge in [0.2, 0.25) is 0 Å². The topological polar surface area (TPSA) is 40.4 Å². The molecule has 0 fully saturated rings. The van der Waals surface area contributed by atoms with Crippen molar-refractivity contribution in [1.29, 1.82) is 0 Å². The van der Waals surface area contributed by atoms with Crippen LogP contribution in [0.1, 0.15) is 18.1 Å². The first-order valence-corrected chi connectivity index (χ1v) is 9.67. The minimum absolute atomic E-state index is 0.229. The number of nitrogens with zero attached hydrogens (tertiary/aromatic N) is 2. The van der Waals surface area contributed by atoms with E-state index in [0.29, 0.717) is 23.0 Å². The summed E-state index contributed by atoms with van der Waals surface area (Å²) in [6.07, 6.45) is 8.27. The van der Waals surface area contributed by atoms with E-state index >= 15 is 0 Å². The van der Waals surface area contributed by atoms with Crippen molar-refractivity contribution in [3.8, 4) is 0 Å². The molecule has 4 nitrogen and oxygen atoms in total. The van der Waals surface area contributed by atoms with Gasteiger partial charge in [-0.2, -0.15) is 9.37 Å². The van der Waals surface area contributed by atoms with Crippen molar-refractivity contribution in [2.75, 3.05) is 4.90 Å². The van der Waals surface area contributed by atoms with E-state index in [-0.39, 0.29) is 11.9 Å². The zero-order valence-electron chi connectivity index (χ0n) is 15.5. The molecule has 0 bridgehead atoms. The van der Waals surface area contributed by atoms with Gasteiger partial charge in [0.25, 0.3) is 0 Å². The molecule has 1 unspecified atom stereocenters. The van der Waals surface area contributed by atoms with Gasteiger partial charge >= 0.3 is 11.9 Å². The Kier molecular flexibility index (Phi) is 4.97. The first-order valence-electron chi connectivity index (χ1n) is 9.29. The summed E-state index contributed by atoms with van der Waals surface area (Å²) in [4.78, 5) is 27.8. The van der Waals surface area contributed by atoms with Crippen molar-refractivity contribution in [2.24, 2.45) is 5.92 Å². The van der Waals surface area contributed by atoms with Crippen LogP contribution in [0.2, 0.25) is 5.02 Å². The summed E-state index contributed by atoms with van der Waals surface area (Å²) in [5.41, 5.74) is 3.35. The highest BCUT2D eigenvalue weighted by molar-refractivity contribution is 6.30. The predicted molar refractivity (Wildman–Crippen MR) is 111 cm³/mol. The maximum absolute atomic E-state index is 13.4. The Labute approximate surface area is 169 Å². The fourth-order valence-corrected chi connectivity index (χ4v) is 3.77. The Hall–Kier alpha value is -2.98. The third-order valence-electron chi connectivity index (χ3n) is 5.05. The Bertz CT molecular complexity index is 1030. The number of hydrogen-bond donors (Lipinski definition) is 0. The van der Waals surface area contributed by atoms with Crippen molar-refractivity contribution in [1.82, 2.24) is 0 Å². The lowest BCUT2D eigenvalue weighted by molar-refractivity contribution is -0.445. The number of imide groups is 1. The SMILES string of the molecule is CCc1ccc(N2C(=O)C3C=CC=CC3=[N+](Cc3cccc(Cl)c3)C2=O)cc1. The van der Waals surface area contributed by atoms with Crippen LogP contribution in [-0.2, 0) is 17.8 Å². The second-order valence-corrected chi connectivity index (χ2v) is 7.28. The minimum atomic E-state index is -0.479. The summed E-state index contributed by atoms with van der Waals surface area (Å²) in [5.74, 6) is -0.708. The standard InChI is InChI=1S/C23H20ClN2O2/c1-2-16-10-12-19(13-11-16)26-22(27)20-8-3-4-9-21(20)25(23(26)28)15-17-6-5-7-18(24)14-17/h3-14,20H,2,15H2,1H3/q+1. The number of anilines is 1. The molecular formula is C23H20ClN2O2+. The number of benzene rings is 2. The Morgan fingerprint density at radius 3 is 2.54 bits per heavy atom. The van der Waals surface area contributed by atoms with E-state index in [1.54, 1.807) is 10.6 Å². The highest BCUT2D eigenvalue weighted by atomic mass is 35.5. The molecule has 0 N–H and O–H groups in total. The zero-order valence-corrected chi connectivity index (χ0v) is 16.3. The van der Waals surface area contributed by atoms with Crippen molar-refractivity contribution < 1.29 is 14.2 Å². The van der Waals surface area contributed by atoms with E-state index < -0.39 is 5.92 Å². The number of halogens is 1. The number of rotatable bonds is 4. The molecule has 4 rings (SSSR count). The van der Waals surface area contributed by atoms with Gasteiger partial charge in [-0.05, 0) is 47.9 Å². The summed E-state index contributed by atoms with van der Waals surface area (Å²) < 4.78 is 1.66. The normalized spacial score (nSPS) is 18.6. The van der Waals surface area contributed by atoms with Gasteiger partial charge in [-0.25, -0.2) is 4.79 Å². The maximum Gasteiger partial charge on any atom is 0.506 e. The van der Waals surface area contributed by atoms with Gasteiger partial charge in [-0.15, -0.1) is 4.90 Å². The highest BCUT2D eigenvalue weighted by Gasteiger charge is 2.47. The Balaban J connectivity index is 1.78. The number of aryl methyl sites for hydroxylation is 1. The van der Waals surface area contributed by atoms with E-state index in [0.717, 1.165) is 17.5 Å². The molecule has 1 aliphatic carbocycles. The average molecular weight is 392 g/mol. The van der Waals surface area contributed by atoms with Gasteiger partial charge < -0.3 is 0 Å². The summed E-state index contributed by atoms with van der Waals surface area (Å²) in [5, 5.41) is 0.616. The highest BCUT2D eigenvalue weighted by Crippen LogP contribution is 2.27. The molecule has 3 amide bonds. The van der Waals surface area contributed by atoms with E-state index in [1.807, 2.05) is 66.8 Å². The van der Waals surface area contributed by atoms with Crippen LogP contribution in [-0.4, -0.2) is 22.2 Å². The Morgan fingerprint density at radius 2 is 1.82 bits per heavy atom. The zero-order chi connectivity index (χ0) is 19.7. The number of fused-ring (bicyclic) bond motifs is 1. The van der Waals surface area contributed by atoms with Crippen LogP contribution in [0.25, 0.3) is 0 Å². The number of carbonyl (C=O) groups excluding carboxylic acids is 2. The number of carbonyl (C=O) groups is 2. The molecule has 1 aliphatic heterocycles. The lowest BCUT2D eigenvalue weighted by atomic mass is 9.94. The van der Waals surface area contributed by atoms with E-state index in [4.69, 9.17) is 11.6 Å². The molecule has 140 valence electrons. The lowest BCUT2D eigenvalue weighted by Gasteiger charge is -2.26. The van der Waals surface area contributed by atoms with Crippen LogP contribution in [0.15, 0.2) is 72.8 Å². The van der Waals surface area contributed by atoms with Crippen LogP contribution >= 0.6 is 11.6 Å². The van der Waals surface area contributed by atoms with Crippen LogP contribution < -0.4 is 4.90 Å². The van der Waals surface area contributed by atoms with Crippen molar-refractivity contribution >= 4 is 34.9 Å². The third kappa shape index (κ3) is 3.32. The largest absolute Gasteiger partial charge is 0.506 e. The number of hydrogen-bond acceptors (Lipinski definition) is 2. The summed E-state index contributed by atoms with van der Waals surface area (Å²) in [7, 11) is 0. The molecule has 0 spiro atoms. The fraction of sp³-hybridized carbons (Fsp3) is 0.174. The molecule has 1 heterocycles. The molecular weight excluding hydrogens is 372 g/mol. The third-order valence-corrected chi connectivity index (χ3v) is 5.29. The molecule has 0 radical (unpaired) electrons. The van der Waals surface area contributed by atoms with Gasteiger partial charge in [0.1, 0.15) is 23.9 Å². The predicted octanol–water partition coefficient (Wildman–Crippen LogP) is 4.76. The quantitative estimate of drug-likeness (QED) is 0.704. The van der Waals surface area contributed by atoms with Gasteiger partial charge in [0, 0.05) is 5.02 Å². The maximum atomic E-state index is 13.4. The summed E-state index contributed by atoms with van der Waals surface area (Å²) in [6.45, 7) is 2.42. The molecule has 0 aromatic heterocycles. The minimum Gasteiger partial charge on any atom is -0.245 e. The van der Waals surface area contributed by atoms with E-state index in [9.17, 15) is 9.59 Å². The molecule has 2 aromatic rings. The molecule has 28 heavy (non-hydrogen) atoms. The molecule has 1 atom stereocenters.